The molecule has 2 amide bonds. The third-order valence-electron chi connectivity index (χ3n) is 5.12. The van der Waals surface area contributed by atoms with Crippen LogP contribution in [0.15, 0.2) is 24.3 Å². The molecule has 2 aliphatic heterocycles. The number of amides is 2. The van der Waals surface area contributed by atoms with E-state index >= 15 is 0 Å². The summed E-state index contributed by atoms with van der Waals surface area (Å²) < 4.78 is 0. The second-order valence-electron chi connectivity index (χ2n) is 7.04. The van der Waals surface area contributed by atoms with E-state index in [0.717, 1.165) is 37.1 Å². The van der Waals surface area contributed by atoms with Gasteiger partial charge in [0.05, 0.1) is 0 Å². The molecule has 1 atom stereocenters. The molecule has 2 N–H and O–H groups in total. The molecule has 0 aromatic heterocycles. The molecule has 2 heterocycles. The lowest BCUT2D eigenvalue weighted by Crippen LogP contribution is -2.43. The van der Waals surface area contributed by atoms with Gasteiger partial charge in [0.15, 0.2) is 0 Å². The summed E-state index contributed by atoms with van der Waals surface area (Å²) >= 11 is 0. The zero-order chi connectivity index (χ0) is 16.4. The van der Waals surface area contributed by atoms with Crippen LogP contribution in [0, 0.1) is 5.41 Å². The van der Waals surface area contributed by atoms with Crippen LogP contribution in [-0.2, 0) is 16.0 Å². The average molecular weight is 315 g/mol. The van der Waals surface area contributed by atoms with Crippen LogP contribution in [0.3, 0.4) is 0 Å². The van der Waals surface area contributed by atoms with Crippen molar-refractivity contribution in [2.75, 3.05) is 31.1 Å². The molecule has 3 rings (SSSR count). The number of likely N-dealkylation sites (tertiary alicyclic amines) is 1. The van der Waals surface area contributed by atoms with Crippen molar-refractivity contribution in [1.29, 1.82) is 0 Å². The van der Waals surface area contributed by atoms with Crippen molar-refractivity contribution in [3.63, 3.8) is 0 Å². The number of nitrogens with two attached hydrogens (primary N) is 1. The quantitative estimate of drug-likeness (QED) is 0.920. The summed E-state index contributed by atoms with van der Waals surface area (Å²) in [4.78, 5) is 28.6. The van der Waals surface area contributed by atoms with Gasteiger partial charge in [0.25, 0.3) is 0 Å². The van der Waals surface area contributed by atoms with Crippen molar-refractivity contribution < 1.29 is 9.59 Å². The number of aryl methyl sites for hydroxylation is 1. The Balaban J connectivity index is 1.76. The number of nitrogens with zero attached hydrogens (tertiary/aromatic N) is 2. The highest BCUT2D eigenvalue weighted by Crippen LogP contribution is 2.30. The first-order valence-electron chi connectivity index (χ1n) is 8.38. The molecule has 0 saturated carbocycles. The van der Waals surface area contributed by atoms with Crippen LogP contribution < -0.4 is 10.6 Å². The molecule has 1 aromatic carbocycles. The smallest absolute Gasteiger partial charge is 0.242 e. The zero-order valence-electron chi connectivity index (χ0n) is 13.8. The van der Waals surface area contributed by atoms with Gasteiger partial charge in [-0.25, -0.2) is 0 Å². The van der Waals surface area contributed by atoms with Crippen LogP contribution in [0.5, 0.6) is 0 Å². The summed E-state index contributed by atoms with van der Waals surface area (Å²) in [6.07, 6.45) is 3.17. The molecule has 1 fully saturated rings. The van der Waals surface area contributed by atoms with E-state index in [1.807, 2.05) is 29.2 Å². The minimum atomic E-state index is 0.0103. The predicted molar refractivity (Wildman–Crippen MR) is 90.1 cm³/mol. The number of carbonyl (C=O) groups is 2. The van der Waals surface area contributed by atoms with E-state index in [1.165, 1.54) is 0 Å². The molecule has 124 valence electrons. The van der Waals surface area contributed by atoms with Gasteiger partial charge in [0, 0.05) is 25.2 Å². The van der Waals surface area contributed by atoms with Crippen LogP contribution in [0.1, 0.15) is 31.7 Å². The normalized spacial score (nSPS) is 24.5. The van der Waals surface area contributed by atoms with Gasteiger partial charge in [-0.3, -0.25) is 9.59 Å². The summed E-state index contributed by atoms with van der Waals surface area (Å²) in [5.41, 5.74) is 7.87. The molecule has 1 unspecified atom stereocenters. The summed E-state index contributed by atoms with van der Waals surface area (Å²) in [7, 11) is 0. The van der Waals surface area contributed by atoms with Crippen molar-refractivity contribution >= 4 is 17.5 Å². The van der Waals surface area contributed by atoms with Crippen LogP contribution in [-0.4, -0.2) is 42.9 Å². The van der Waals surface area contributed by atoms with Gasteiger partial charge in [-0.1, -0.05) is 25.1 Å². The van der Waals surface area contributed by atoms with Gasteiger partial charge < -0.3 is 15.5 Å². The minimum absolute atomic E-state index is 0.0103. The lowest BCUT2D eigenvalue weighted by atomic mass is 9.90. The standard InChI is InChI=1S/C18H25N3O2/c1-18(12-19)9-10-20(13-18)17(23)11-21-15-7-3-2-5-14(15)6-4-8-16(21)22/h2-3,5,7H,4,6,8-13,19H2,1H3. The van der Waals surface area contributed by atoms with Gasteiger partial charge in [-0.05, 0) is 42.9 Å². The highest BCUT2D eigenvalue weighted by atomic mass is 16.2. The second-order valence-corrected chi connectivity index (χ2v) is 7.04. The van der Waals surface area contributed by atoms with Crippen molar-refractivity contribution in [3.05, 3.63) is 29.8 Å². The number of rotatable bonds is 3. The molecule has 5 heteroatoms. The number of hydrogen-bond acceptors (Lipinski definition) is 3. The maximum absolute atomic E-state index is 12.7. The van der Waals surface area contributed by atoms with E-state index in [4.69, 9.17) is 5.73 Å². The van der Waals surface area contributed by atoms with E-state index in [1.54, 1.807) is 4.90 Å². The Morgan fingerprint density at radius 1 is 1.30 bits per heavy atom. The SMILES string of the molecule is CC1(CN)CCN(C(=O)CN2C(=O)CCCc3ccccc32)C1. The van der Waals surface area contributed by atoms with Crippen LogP contribution in [0.25, 0.3) is 0 Å². The van der Waals surface area contributed by atoms with Crippen LogP contribution >= 0.6 is 0 Å². The van der Waals surface area contributed by atoms with E-state index in [0.29, 0.717) is 19.5 Å². The van der Waals surface area contributed by atoms with Crippen molar-refractivity contribution in [1.82, 2.24) is 4.90 Å². The monoisotopic (exact) mass is 315 g/mol. The zero-order valence-corrected chi connectivity index (χ0v) is 13.8. The first-order valence-corrected chi connectivity index (χ1v) is 8.38. The van der Waals surface area contributed by atoms with Gasteiger partial charge in [0.2, 0.25) is 11.8 Å². The first kappa shape index (κ1) is 16.0. The van der Waals surface area contributed by atoms with Gasteiger partial charge in [-0.2, -0.15) is 0 Å². The lowest BCUT2D eigenvalue weighted by molar-refractivity contribution is -0.130. The van der Waals surface area contributed by atoms with Crippen molar-refractivity contribution in [3.8, 4) is 0 Å². The molecule has 1 aromatic rings. The Morgan fingerprint density at radius 2 is 2.09 bits per heavy atom. The molecule has 5 nitrogen and oxygen atoms in total. The molecule has 0 radical (unpaired) electrons. The summed E-state index contributed by atoms with van der Waals surface area (Å²) in [5, 5.41) is 0. The first-order chi connectivity index (χ1) is 11.0. The van der Waals surface area contributed by atoms with Gasteiger partial charge in [0.1, 0.15) is 6.54 Å². The Bertz CT molecular complexity index is 616. The molecule has 23 heavy (non-hydrogen) atoms. The molecular formula is C18H25N3O2. The fourth-order valence-corrected chi connectivity index (χ4v) is 3.50. The summed E-state index contributed by atoms with van der Waals surface area (Å²) in [5.74, 6) is 0.0660. The number of anilines is 1. The summed E-state index contributed by atoms with van der Waals surface area (Å²) in [6, 6.07) is 7.91. The van der Waals surface area contributed by atoms with E-state index in [9.17, 15) is 9.59 Å². The Morgan fingerprint density at radius 3 is 2.83 bits per heavy atom. The van der Waals surface area contributed by atoms with Crippen molar-refractivity contribution in [2.45, 2.75) is 32.6 Å². The number of para-hydroxylation sites is 1. The minimum Gasteiger partial charge on any atom is -0.341 e. The number of hydrogen-bond donors (Lipinski definition) is 1. The molecule has 0 spiro atoms. The Hall–Kier alpha value is -1.88. The highest BCUT2D eigenvalue weighted by Gasteiger charge is 2.36. The largest absolute Gasteiger partial charge is 0.341 e. The number of benzene rings is 1. The topological polar surface area (TPSA) is 66.6 Å². The molecule has 1 saturated heterocycles. The van der Waals surface area contributed by atoms with Crippen molar-refractivity contribution in [2.24, 2.45) is 11.1 Å². The third-order valence-corrected chi connectivity index (χ3v) is 5.12. The molecule has 0 bridgehead atoms. The molecular weight excluding hydrogens is 290 g/mol. The Labute approximate surface area is 137 Å². The number of fused-ring (bicyclic) bond motifs is 1. The van der Waals surface area contributed by atoms with Gasteiger partial charge in [-0.15, -0.1) is 0 Å². The van der Waals surface area contributed by atoms with Crippen LogP contribution in [0.4, 0.5) is 5.69 Å². The maximum Gasteiger partial charge on any atom is 0.242 e. The van der Waals surface area contributed by atoms with E-state index in [2.05, 4.69) is 6.92 Å². The van der Waals surface area contributed by atoms with E-state index < -0.39 is 0 Å². The van der Waals surface area contributed by atoms with Gasteiger partial charge >= 0.3 is 0 Å². The van der Waals surface area contributed by atoms with E-state index in [-0.39, 0.29) is 23.8 Å². The Kier molecular flexibility index (Phi) is 4.39. The molecule has 0 aliphatic carbocycles. The second kappa shape index (κ2) is 6.32. The maximum atomic E-state index is 12.7. The van der Waals surface area contributed by atoms with Crippen LogP contribution in [0.2, 0.25) is 0 Å². The lowest BCUT2D eigenvalue weighted by Gasteiger charge is -2.27. The summed E-state index contributed by atoms with van der Waals surface area (Å²) in [6.45, 7) is 4.26. The molecule has 2 aliphatic rings. The number of carbonyl (C=O) groups excluding carboxylic acids is 2. The fraction of sp³-hybridized carbons (Fsp3) is 0.556. The fourth-order valence-electron chi connectivity index (χ4n) is 3.50. The average Bonchev–Trinajstić information content (AvgIpc) is 2.89. The third kappa shape index (κ3) is 3.24. The predicted octanol–water partition coefficient (Wildman–Crippen LogP) is 1.55. The highest BCUT2D eigenvalue weighted by molar-refractivity contribution is 5.99.